The molecule has 4 aromatic rings. The van der Waals surface area contributed by atoms with Crippen LogP contribution in [0.15, 0.2) is 88.2 Å². The maximum Gasteiger partial charge on any atom is 0.435 e. The average Bonchev–Trinajstić information content (AvgIpc) is 3.15. The largest absolute Gasteiger partial charge is 0.435 e. The molecule has 0 unspecified atom stereocenters. The summed E-state index contributed by atoms with van der Waals surface area (Å²) in [6.45, 7) is 0. The van der Waals surface area contributed by atoms with Crippen molar-refractivity contribution in [1.29, 1.82) is 0 Å². The third-order valence-electron chi connectivity index (χ3n) is 4.74. The molecule has 1 heterocycles. The molecule has 0 saturated heterocycles. The quantitative estimate of drug-likeness (QED) is 0.377. The van der Waals surface area contributed by atoms with Gasteiger partial charge in [-0.2, -0.15) is 18.3 Å². The highest BCUT2D eigenvalue weighted by molar-refractivity contribution is 9.10. The third kappa shape index (κ3) is 4.34. The molecule has 10 heteroatoms. The smallest absolute Gasteiger partial charge is 0.232 e. The monoisotopic (exact) mass is 521 g/mol. The molecule has 0 aliphatic rings. The predicted molar refractivity (Wildman–Crippen MR) is 119 cm³/mol. The molecule has 0 aliphatic heterocycles. The van der Waals surface area contributed by atoms with Crippen LogP contribution in [0.3, 0.4) is 0 Å². The summed E-state index contributed by atoms with van der Waals surface area (Å²) in [4.78, 5) is -0.145. The fourth-order valence-electron chi connectivity index (χ4n) is 3.33. The molecular formula is C22H15BrF3N3O2S. The Morgan fingerprint density at radius 2 is 1.44 bits per heavy atom. The van der Waals surface area contributed by atoms with Gasteiger partial charge >= 0.3 is 6.18 Å². The highest BCUT2D eigenvalue weighted by atomic mass is 79.9. The number of halogens is 4. The van der Waals surface area contributed by atoms with Gasteiger partial charge in [0.15, 0.2) is 5.69 Å². The van der Waals surface area contributed by atoms with Crippen LogP contribution < -0.4 is 5.14 Å². The van der Waals surface area contributed by atoms with Crippen LogP contribution in [0.5, 0.6) is 0 Å². The topological polar surface area (TPSA) is 78.0 Å². The van der Waals surface area contributed by atoms with E-state index >= 15 is 0 Å². The van der Waals surface area contributed by atoms with Crippen LogP contribution in [-0.2, 0) is 16.2 Å². The van der Waals surface area contributed by atoms with E-state index in [4.69, 9.17) is 5.14 Å². The fourth-order valence-corrected chi connectivity index (χ4v) is 4.11. The standard InChI is InChI=1S/C22H15BrF3N3O2S/c23-16-8-10-17(11-9-16)29-20(15-6-12-18(13-7-15)32(27,30)31)19(14-4-2-1-3-5-14)21(28-29)22(24,25)26/h1-13H,(H2,27,30,31). The van der Waals surface area contributed by atoms with Gasteiger partial charge in [-0.05, 0) is 42.0 Å². The van der Waals surface area contributed by atoms with Gasteiger partial charge in [-0.25, -0.2) is 18.2 Å². The maximum atomic E-state index is 14.1. The Morgan fingerprint density at radius 3 is 1.97 bits per heavy atom. The van der Waals surface area contributed by atoms with E-state index in [9.17, 15) is 21.6 Å². The molecule has 2 N–H and O–H groups in total. The Hall–Kier alpha value is -2.95. The van der Waals surface area contributed by atoms with E-state index in [0.29, 0.717) is 16.8 Å². The Morgan fingerprint density at radius 1 is 0.844 bits per heavy atom. The minimum atomic E-state index is -4.72. The van der Waals surface area contributed by atoms with E-state index in [-0.39, 0.29) is 16.2 Å². The fraction of sp³-hybridized carbons (Fsp3) is 0.0455. The summed E-state index contributed by atoms with van der Waals surface area (Å²) in [7, 11) is -3.96. The molecule has 4 rings (SSSR count). The molecule has 0 radical (unpaired) electrons. The van der Waals surface area contributed by atoms with Crippen molar-refractivity contribution in [3.63, 3.8) is 0 Å². The molecule has 1 aromatic heterocycles. The number of primary sulfonamides is 1. The normalized spacial score (nSPS) is 12.2. The van der Waals surface area contributed by atoms with Gasteiger partial charge in [0.2, 0.25) is 10.0 Å². The number of rotatable bonds is 4. The number of nitrogens with zero attached hydrogens (tertiary/aromatic N) is 2. The van der Waals surface area contributed by atoms with Crippen LogP contribution in [0.25, 0.3) is 28.1 Å². The zero-order chi connectivity index (χ0) is 23.1. The van der Waals surface area contributed by atoms with Gasteiger partial charge in [0.1, 0.15) is 0 Å². The van der Waals surface area contributed by atoms with Gasteiger partial charge in [-0.3, -0.25) is 0 Å². The summed E-state index contributed by atoms with van der Waals surface area (Å²) >= 11 is 3.32. The van der Waals surface area contributed by atoms with Crippen LogP contribution in [0.4, 0.5) is 13.2 Å². The van der Waals surface area contributed by atoms with Crippen molar-refractivity contribution in [2.24, 2.45) is 5.14 Å². The minimum Gasteiger partial charge on any atom is -0.232 e. The first kappa shape index (κ1) is 22.3. The van der Waals surface area contributed by atoms with Gasteiger partial charge in [0, 0.05) is 15.6 Å². The first-order chi connectivity index (χ1) is 15.1. The lowest BCUT2D eigenvalue weighted by molar-refractivity contribution is -0.140. The Balaban J connectivity index is 2.07. The predicted octanol–water partition coefficient (Wildman–Crippen LogP) is 5.64. The molecule has 0 aliphatic carbocycles. The first-order valence-corrected chi connectivity index (χ1v) is 11.5. The van der Waals surface area contributed by atoms with E-state index < -0.39 is 21.9 Å². The molecule has 0 fully saturated rings. The number of alkyl halides is 3. The molecule has 0 saturated carbocycles. The van der Waals surface area contributed by atoms with Crippen LogP contribution >= 0.6 is 15.9 Å². The van der Waals surface area contributed by atoms with Crippen LogP contribution in [0.2, 0.25) is 0 Å². The number of benzene rings is 3. The van der Waals surface area contributed by atoms with Crippen molar-refractivity contribution in [1.82, 2.24) is 9.78 Å². The molecular weight excluding hydrogens is 507 g/mol. The molecule has 0 atom stereocenters. The lowest BCUT2D eigenvalue weighted by Gasteiger charge is -2.12. The van der Waals surface area contributed by atoms with E-state index in [1.807, 2.05) is 0 Å². The molecule has 5 nitrogen and oxygen atoms in total. The SMILES string of the molecule is NS(=O)(=O)c1ccc(-c2c(-c3ccccc3)c(C(F)(F)F)nn2-c2ccc(Br)cc2)cc1. The van der Waals surface area contributed by atoms with E-state index in [0.717, 1.165) is 4.47 Å². The second-order valence-corrected chi connectivity index (χ2v) is 9.37. The zero-order valence-electron chi connectivity index (χ0n) is 16.2. The van der Waals surface area contributed by atoms with Crippen LogP contribution in [0, 0.1) is 0 Å². The van der Waals surface area contributed by atoms with Gasteiger partial charge in [0.05, 0.1) is 16.3 Å². The van der Waals surface area contributed by atoms with E-state index in [2.05, 4.69) is 21.0 Å². The number of aromatic nitrogens is 2. The molecule has 0 bridgehead atoms. The second-order valence-electron chi connectivity index (χ2n) is 6.89. The summed E-state index contributed by atoms with van der Waals surface area (Å²) < 4.78 is 67.4. The maximum absolute atomic E-state index is 14.1. The Kier molecular flexibility index (Phi) is 5.70. The number of hydrogen-bond acceptors (Lipinski definition) is 3. The van der Waals surface area contributed by atoms with Crippen molar-refractivity contribution in [3.8, 4) is 28.1 Å². The lowest BCUT2D eigenvalue weighted by atomic mass is 9.98. The van der Waals surface area contributed by atoms with Gasteiger partial charge in [-0.1, -0.05) is 58.4 Å². The van der Waals surface area contributed by atoms with Crippen molar-refractivity contribution >= 4 is 26.0 Å². The number of nitrogens with two attached hydrogens (primary N) is 1. The second kappa shape index (κ2) is 8.19. The molecule has 32 heavy (non-hydrogen) atoms. The highest BCUT2D eigenvalue weighted by Gasteiger charge is 2.40. The summed E-state index contributed by atoms with van der Waals surface area (Å²) in [5.74, 6) is 0. The third-order valence-corrected chi connectivity index (χ3v) is 6.20. The average molecular weight is 522 g/mol. The van der Waals surface area contributed by atoms with Gasteiger partial charge in [0.25, 0.3) is 0 Å². The Bertz CT molecular complexity index is 1370. The molecule has 0 spiro atoms. The number of sulfonamides is 1. The van der Waals surface area contributed by atoms with Crippen molar-refractivity contribution in [3.05, 3.63) is 89.0 Å². The highest BCUT2D eigenvalue weighted by Crippen LogP contribution is 2.43. The van der Waals surface area contributed by atoms with Crippen LogP contribution in [0.1, 0.15) is 5.69 Å². The number of hydrogen-bond donors (Lipinski definition) is 1. The van der Waals surface area contributed by atoms with Crippen molar-refractivity contribution in [2.75, 3.05) is 0 Å². The van der Waals surface area contributed by atoms with Crippen molar-refractivity contribution < 1.29 is 21.6 Å². The first-order valence-electron chi connectivity index (χ1n) is 9.20. The molecule has 3 aromatic carbocycles. The minimum absolute atomic E-state index is 0.107. The van der Waals surface area contributed by atoms with Crippen LogP contribution in [-0.4, -0.2) is 18.2 Å². The van der Waals surface area contributed by atoms with E-state index in [1.165, 1.54) is 28.9 Å². The van der Waals surface area contributed by atoms with Gasteiger partial charge < -0.3 is 0 Å². The summed E-state index contributed by atoms with van der Waals surface area (Å²) in [5.41, 5.74) is 0.107. The zero-order valence-corrected chi connectivity index (χ0v) is 18.6. The molecule has 164 valence electrons. The van der Waals surface area contributed by atoms with Crippen molar-refractivity contribution in [2.45, 2.75) is 11.1 Å². The van der Waals surface area contributed by atoms with Gasteiger partial charge in [-0.15, -0.1) is 0 Å². The Labute approximate surface area is 190 Å². The summed E-state index contributed by atoms with van der Waals surface area (Å²) in [6, 6.07) is 20.1. The summed E-state index contributed by atoms with van der Waals surface area (Å²) in [5, 5.41) is 9.10. The molecule has 0 amide bonds. The lowest BCUT2D eigenvalue weighted by Crippen LogP contribution is -2.11. The van der Waals surface area contributed by atoms with E-state index in [1.54, 1.807) is 54.6 Å². The summed E-state index contributed by atoms with van der Waals surface area (Å²) in [6.07, 6.45) is -4.72.